The molecule has 102 valence electrons. The summed E-state index contributed by atoms with van der Waals surface area (Å²) >= 11 is 0. The third-order valence-electron chi connectivity index (χ3n) is 3.41. The van der Waals surface area contributed by atoms with Crippen molar-refractivity contribution in [2.45, 2.75) is 33.4 Å². The Kier molecular flexibility index (Phi) is 6.18. The predicted molar refractivity (Wildman–Crippen MR) is 80.5 cm³/mol. The molecule has 0 aliphatic carbocycles. The molecule has 0 saturated heterocycles. The summed E-state index contributed by atoms with van der Waals surface area (Å²) in [5.74, 6) is 3.91. The van der Waals surface area contributed by atoms with E-state index in [0.717, 1.165) is 12.3 Å². The Bertz CT molecular complexity index is 462. The zero-order valence-corrected chi connectivity index (χ0v) is 12.3. The van der Waals surface area contributed by atoms with Gasteiger partial charge in [-0.15, -0.1) is 6.42 Å². The SMILES string of the molecule is C#CC(/C=C\C(C)=C/C)C(C)N(C)Cc1ccco1. The standard InChI is InChI=1S/C17H23NO/c1-6-14(3)10-11-16(7-2)15(4)18(5)13-17-9-8-12-19-17/h2,6,8-12,15-16H,13H2,1,3-5H3/b11-10-,14-6-. The van der Waals surface area contributed by atoms with E-state index in [2.05, 4.69) is 49.9 Å². The van der Waals surface area contributed by atoms with Gasteiger partial charge in [-0.2, -0.15) is 0 Å². The summed E-state index contributed by atoms with van der Waals surface area (Å²) in [4.78, 5) is 2.21. The minimum Gasteiger partial charge on any atom is -0.468 e. The van der Waals surface area contributed by atoms with Gasteiger partial charge in [-0.25, -0.2) is 0 Å². The predicted octanol–water partition coefficient (Wildman–Crippen LogP) is 3.87. The van der Waals surface area contributed by atoms with Crippen LogP contribution in [0.1, 0.15) is 26.5 Å². The molecule has 2 unspecified atom stereocenters. The van der Waals surface area contributed by atoms with Crippen molar-refractivity contribution >= 4 is 0 Å². The second kappa shape index (κ2) is 7.66. The van der Waals surface area contributed by atoms with Gasteiger partial charge in [-0.3, -0.25) is 4.90 Å². The summed E-state index contributed by atoms with van der Waals surface area (Å²) in [7, 11) is 2.06. The molecule has 0 bridgehead atoms. The molecule has 2 heteroatoms. The van der Waals surface area contributed by atoms with E-state index in [0.29, 0.717) is 0 Å². The lowest BCUT2D eigenvalue weighted by Crippen LogP contribution is -2.33. The Morgan fingerprint density at radius 3 is 2.84 bits per heavy atom. The van der Waals surface area contributed by atoms with Gasteiger partial charge in [0, 0.05) is 6.04 Å². The van der Waals surface area contributed by atoms with E-state index in [1.54, 1.807) is 6.26 Å². The number of nitrogens with zero attached hydrogens (tertiary/aromatic N) is 1. The van der Waals surface area contributed by atoms with Crippen LogP contribution in [-0.2, 0) is 6.54 Å². The Morgan fingerprint density at radius 2 is 2.32 bits per heavy atom. The Hall–Kier alpha value is -1.72. The first-order valence-electron chi connectivity index (χ1n) is 6.58. The van der Waals surface area contributed by atoms with Crippen molar-refractivity contribution < 1.29 is 4.42 Å². The monoisotopic (exact) mass is 257 g/mol. The summed E-state index contributed by atoms with van der Waals surface area (Å²) in [5.41, 5.74) is 1.22. The van der Waals surface area contributed by atoms with Crippen LogP contribution in [0.5, 0.6) is 0 Å². The zero-order valence-electron chi connectivity index (χ0n) is 12.3. The zero-order chi connectivity index (χ0) is 14.3. The lowest BCUT2D eigenvalue weighted by atomic mass is 9.99. The summed E-state index contributed by atoms with van der Waals surface area (Å²) in [6.45, 7) is 7.00. The maximum Gasteiger partial charge on any atom is 0.117 e. The van der Waals surface area contributed by atoms with Crippen molar-refractivity contribution in [1.82, 2.24) is 4.90 Å². The maximum absolute atomic E-state index is 5.64. The number of rotatable bonds is 6. The van der Waals surface area contributed by atoms with Gasteiger partial charge < -0.3 is 4.42 Å². The van der Waals surface area contributed by atoms with Crippen molar-refractivity contribution in [2.75, 3.05) is 7.05 Å². The quantitative estimate of drug-likeness (QED) is 0.568. The topological polar surface area (TPSA) is 16.4 Å². The summed E-state index contributed by atoms with van der Waals surface area (Å²) in [6, 6.07) is 4.14. The van der Waals surface area contributed by atoms with Gasteiger partial charge in [0.05, 0.1) is 18.7 Å². The molecule has 0 radical (unpaired) electrons. The molecule has 0 N–H and O–H groups in total. The first-order valence-corrected chi connectivity index (χ1v) is 6.58. The molecule has 2 nitrogen and oxygen atoms in total. The minimum absolute atomic E-state index is 0.0925. The first kappa shape index (κ1) is 15.3. The summed E-state index contributed by atoms with van der Waals surface area (Å²) in [5, 5.41) is 0. The fourth-order valence-corrected chi connectivity index (χ4v) is 1.77. The third kappa shape index (κ3) is 4.81. The van der Waals surface area contributed by atoms with Gasteiger partial charge in [-0.05, 0) is 40.0 Å². The largest absolute Gasteiger partial charge is 0.468 e. The van der Waals surface area contributed by atoms with E-state index in [1.807, 2.05) is 19.1 Å². The van der Waals surface area contributed by atoms with E-state index in [1.165, 1.54) is 5.57 Å². The average Bonchev–Trinajstić information content (AvgIpc) is 2.91. The van der Waals surface area contributed by atoms with Gasteiger partial charge in [0.2, 0.25) is 0 Å². The molecule has 0 aliphatic heterocycles. The Morgan fingerprint density at radius 1 is 1.58 bits per heavy atom. The fraction of sp³-hybridized carbons (Fsp3) is 0.412. The van der Waals surface area contributed by atoms with E-state index < -0.39 is 0 Å². The second-order valence-corrected chi connectivity index (χ2v) is 4.82. The molecule has 1 heterocycles. The van der Waals surface area contributed by atoms with Crippen LogP contribution >= 0.6 is 0 Å². The van der Waals surface area contributed by atoms with E-state index in [4.69, 9.17) is 10.8 Å². The lowest BCUT2D eigenvalue weighted by Gasteiger charge is -2.26. The molecule has 1 aromatic rings. The average molecular weight is 257 g/mol. The molecule has 1 aromatic heterocycles. The molecule has 0 aromatic carbocycles. The number of hydrogen-bond acceptors (Lipinski definition) is 2. The Balaban J connectivity index is 2.65. The molecule has 0 aliphatic rings. The van der Waals surface area contributed by atoms with Gasteiger partial charge in [0.15, 0.2) is 0 Å². The van der Waals surface area contributed by atoms with Crippen molar-refractivity contribution in [3.05, 3.63) is 48.0 Å². The normalized spacial score (nSPS) is 15.7. The smallest absolute Gasteiger partial charge is 0.117 e. The van der Waals surface area contributed by atoms with Crippen LogP contribution in [0.2, 0.25) is 0 Å². The highest BCUT2D eigenvalue weighted by Gasteiger charge is 2.17. The molecule has 0 spiro atoms. The molecule has 0 saturated carbocycles. The van der Waals surface area contributed by atoms with Gasteiger partial charge in [0.25, 0.3) is 0 Å². The number of furan rings is 1. The molecule has 0 amide bonds. The van der Waals surface area contributed by atoms with E-state index in [9.17, 15) is 0 Å². The molecule has 0 fully saturated rings. The third-order valence-corrected chi connectivity index (χ3v) is 3.41. The second-order valence-electron chi connectivity index (χ2n) is 4.82. The molecule has 19 heavy (non-hydrogen) atoms. The summed E-state index contributed by atoms with van der Waals surface area (Å²) < 4.78 is 5.36. The number of allylic oxidation sites excluding steroid dienone is 3. The van der Waals surface area contributed by atoms with Crippen LogP contribution in [0.4, 0.5) is 0 Å². The molecular weight excluding hydrogens is 234 g/mol. The van der Waals surface area contributed by atoms with Gasteiger partial charge in [-0.1, -0.05) is 29.7 Å². The Labute approximate surface area is 116 Å². The van der Waals surface area contributed by atoms with Crippen molar-refractivity contribution in [1.29, 1.82) is 0 Å². The number of terminal acetylenes is 1. The highest BCUT2D eigenvalue weighted by molar-refractivity contribution is 5.20. The highest BCUT2D eigenvalue weighted by atomic mass is 16.3. The van der Waals surface area contributed by atoms with Crippen LogP contribution in [0.3, 0.4) is 0 Å². The molecular formula is C17H23NO. The van der Waals surface area contributed by atoms with E-state index >= 15 is 0 Å². The van der Waals surface area contributed by atoms with Crippen molar-refractivity contribution in [3.63, 3.8) is 0 Å². The molecule has 2 atom stereocenters. The maximum atomic E-state index is 5.64. The van der Waals surface area contributed by atoms with Crippen LogP contribution in [0, 0.1) is 18.3 Å². The summed E-state index contributed by atoms with van der Waals surface area (Å²) in [6.07, 6.45) is 13.6. The van der Waals surface area contributed by atoms with Crippen LogP contribution < -0.4 is 0 Å². The minimum atomic E-state index is 0.0925. The van der Waals surface area contributed by atoms with Crippen LogP contribution in [-0.4, -0.2) is 18.0 Å². The number of hydrogen-bond donors (Lipinski definition) is 0. The van der Waals surface area contributed by atoms with Crippen molar-refractivity contribution in [2.24, 2.45) is 5.92 Å². The van der Waals surface area contributed by atoms with Crippen LogP contribution in [0.15, 0.2) is 46.6 Å². The van der Waals surface area contributed by atoms with Gasteiger partial charge in [0.1, 0.15) is 5.76 Å². The first-order chi connectivity index (χ1) is 9.08. The fourth-order valence-electron chi connectivity index (χ4n) is 1.77. The van der Waals surface area contributed by atoms with Crippen LogP contribution in [0.25, 0.3) is 0 Å². The highest BCUT2D eigenvalue weighted by Crippen LogP contribution is 2.15. The molecule has 1 rings (SSSR count). The van der Waals surface area contributed by atoms with Gasteiger partial charge >= 0.3 is 0 Å². The lowest BCUT2D eigenvalue weighted by molar-refractivity contribution is 0.210. The van der Waals surface area contributed by atoms with E-state index in [-0.39, 0.29) is 12.0 Å². The van der Waals surface area contributed by atoms with Crippen molar-refractivity contribution in [3.8, 4) is 12.3 Å².